The smallest absolute Gasteiger partial charge is 0.255 e. The second-order valence-corrected chi connectivity index (χ2v) is 5.33. The number of hydrogen-bond donors (Lipinski definition) is 3. The van der Waals surface area contributed by atoms with Crippen molar-refractivity contribution in [2.45, 2.75) is 13.3 Å². The van der Waals surface area contributed by atoms with Crippen LogP contribution >= 0.6 is 22.6 Å². The van der Waals surface area contributed by atoms with E-state index in [4.69, 9.17) is 5.84 Å². The van der Waals surface area contributed by atoms with Crippen LogP contribution in [0.25, 0.3) is 0 Å². The summed E-state index contributed by atoms with van der Waals surface area (Å²) in [5.74, 6) is 5.68. The largest absolute Gasteiger partial charge is 0.321 e. The fourth-order valence-corrected chi connectivity index (χ4v) is 2.25. The van der Waals surface area contributed by atoms with Gasteiger partial charge < -0.3 is 10.7 Å². The average Bonchev–Trinajstić information content (AvgIpc) is 2.48. The third-order valence-corrected chi connectivity index (χ3v) is 3.71. The lowest BCUT2D eigenvalue weighted by Crippen LogP contribution is -2.16. The van der Waals surface area contributed by atoms with Crippen LogP contribution in [0.5, 0.6) is 0 Å². The first kappa shape index (κ1) is 14.7. The lowest BCUT2D eigenvalue weighted by molar-refractivity contribution is 0.102. The van der Waals surface area contributed by atoms with Crippen molar-refractivity contribution in [3.63, 3.8) is 0 Å². The molecule has 0 aliphatic carbocycles. The molecular weight excluding hydrogens is 367 g/mol. The van der Waals surface area contributed by atoms with Crippen LogP contribution in [0.1, 0.15) is 23.0 Å². The summed E-state index contributed by atoms with van der Waals surface area (Å²) >= 11 is 2.18. The third kappa shape index (κ3) is 3.45. The minimum absolute atomic E-state index is 0.178. The fourth-order valence-electron chi connectivity index (χ4n) is 1.73. The number of nitrogens with two attached hydrogens (primary N) is 1. The van der Waals surface area contributed by atoms with Crippen LogP contribution in [0.4, 0.5) is 11.5 Å². The van der Waals surface area contributed by atoms with E-state index in [0.29, 0.717) is 11.4 Å². The Hall–Kier alpha value is -1.67. The second kappa shape index (κ2) is 6.67. The number of anilines is 2. The highest BCUT2D eigenvalue weighted by Crippen LogP contribution is 2.19. The van der Waals surface area contributed by atoms with Gasteiger partial charge >= 0.3 is 0 Å². The highest BCUT2D eigenvalue weighted by molar-refractivity contribution is 14.1. The molecule has 4 N–H and O–H groups in total. The normalized spacial score (nSPS) is 10.2. The predicted molar refractivity (Wildman–Crippen MR) is 88.5 cm³/mol. The summed E-state index contributed by atoms with van der Waals surface area (Å²) in [6.45, 7) is 1.98. The molecule has 0 fully saturated rings. The number of aromatic nitrogens is 1. The van der Waals surface area contributed by atoms with Crippen molar-refractivity contribution >= 4 is 40.0 Å². The maximum absolute atomic E-state index is 12.3. The standard InChI is InChI=1S/C14H15IN4O/c1-2-10-7-9(8-13(17-10)19-16)14(20)18-12-6-4-3-5-11(12)15/h3-8H,2,16H2,1H3,(H,17,19)(H,18,20). The molecule has 0 saturated carbocycles. The molecule has 6 heteroatoms. The third-order valence-electron chi connectivity index (χ3n) is 2.77. The summed E-state index contributed by atoms with van der Waals surface area (Å²) in [5.41, 5.74) is 4.61. The number of benzene rings is 1. The quantitative estimate of drug-likeness (QED) is 0.432. The average molecular weight is 382 g/mol. The SMILES string of the molecule is CCc1cc(C(=O)Nc2ccccc2I)cc(NN)n1. The summed E-state index contributed by atoms with van der Waals surface area (Å²) in [6.07, 6.45) is 0.735. The number of para-hydroxylation sites is 1. The molecule has 0 bridgehead atoms. The molecule has 1 heterocycles. The van der Waals surface area contributed by atoms with E-state index >= 15 is 0 Å². The van der Waals surface area contributed by atoms with Gasteiger partial charge in [-0.2, -0.15) is 0 Å². The topological polar surface area (TPSA) is 80.0 Å². The number of nitrogens with one attached hydrogen (secondary N) is 2. The maximum Gasteiger partial charge on any atom is 0.255 e. The van der Waals surface area contributed by atoms with E-state index in [1.165, 1.54) is 0 Å². The molecule has 0 saturated heterocycles. The molecule has 0 unspecified atom stereocenters. The van der Waals surface area contributed by atoms with Gasteiger partial charge in [0, 0.05) is 14.8 Å². The van der Waals surface area contributed by atoms with Crippen molar-refractivity contribution < 1.29 is 4.79 Å². The van der Waals surface area contributed by atoms with E-state index in [9.17, 15) is 4.79 Å². The minimum atomic E-state index is -0.178. The summed E-state index contributed by atoms with van der Waals surface area (Å²) < 4.78 is 0.986. The van der Waals surface area contributed by atoms with E-state index in [2.05, 4.69) is 38.3 Å². The van der Waals surface area contributed by atoms with Crippen molar-refractivity contribution in [3.05, 3.63) is 51.2 Å². The zero-order valence-electron chi connectivity index (χ0n) is 11.0. The van der Waals surface area contributed by atoms with Gasteiger partial charge in [-0.15, -0.1) is 0 Å². The van der Waals surface area contributed by atoms with Crippen molar-refractivity contribution in [1.29, 1.82) is 0 Å². The molecule has 2 aromatic rings. The van der Waals surface area contributed by atoms with Gasteiger partial charge in [-0.25, -0.2) is 10.8 Å². The van der Waals surface area contributed by atoms with Crippen LogP contribution in [-0.2, 0) is 6.42 Å². The van der Waals surface area contributed by atoms with Gasteiger partial charge in [0.05, 0.1) is 5.69 Å². The Labute approximate surface area is 131 Å². The summed E-state index contributed by atoms with van der Waals surface area (Å²) in [5, 5.41) is 2.89. The number of carbonyl (C=O) groups is 1. The molecule has 1 amide bonds. The van der Waals surface area contributed by atoms with E-state index in [-0.39, 0.29) is 5.91 Å². The van der Waals surface area contributed by atoms with Crippen molar-refractivity contribution in [3.8, 4) is 0 Å². The Morgan fingerprint density at radius 2 is 2.10 bits per heavy atom. The van der Waals surface area contributed by atoms with Crippen LogP contribution in [0, 0.1) is 3.57 Å². The Balaban J connectivity index is 2.27. The van der Waals surface area contributed by atoms with Gasteiger partial charge in [-0.1, -0.05) is 19.1 Å². The number of aryl methyl sites for hydroxylation is 1. The van der Waals surface area contributed by atoms with Gasteiger partial charge in [0.25, 0.3) is 5.91 Å². The van der Waals surface area contributed by atoms with Crippen molar-refractivity contribution in [1.82, 2.24) is 4.98 Å². The predicted octanol–water partition coefficient (Wildman–Crippen LogP) is 2.79. The van der Waals surface area contributed by atoms with Crippen molar-refractivity contribution in [2.24, 2.45) is 5.84 Å². The molecule has 5 nitrogen and oxygen atoms in total. The van der Waals surface area contributed by atoms with Crippen LogP contribution in [0.2, 0.25) is 0 Å². The first-order chi connectivity index (χ1) is 9.63. The molecule has 1 aromatic carbocycles. The molecule has 2 rings (SSSR count). The lowest BCUT2D eigenvalue weighted by atomic mass is 10.1. The number of nitrogens with zero attached hydrogens (tertiary/aromatic N) is 1. The molecule has 0 aliphatic heterocycles. The Morgan fingerprint density at radius 3 is 2.75 bits per heavy atom. The number of nitrogen functional groups attached to an aromatic ring is 1. The molecule has 0 aliphatic rings. The molecule has 0 radical (unpaired) electrons. The van der Waals surface area contributed by atoms with Crippen LogP contribution in [-0.4, -0.2) is 10.9 Å². The zero-order valence-corrected chi connectivity index (χ0v) is 13.1. The number of hydrogen-bond acceptors (Lipinski definition) is 4. The maximum atomic E-state index is 12.3. The minimum Gasteiger partial charge on any atom is -0.321 e. The van der Waals surface area contributed by atoms with Gasteiger partial charge in [-0.3, -0.25) is 4.79 Å². The number of amides is 1. The molecule has 1 aromatic heterocycles. The highest BCUT2D eigenvalue weighted by atomic mass is 127. The monoisotopic (exact) mass is 382 g/mol. The number of hydrazine groups is 1. The Morgan fingerprint density at radius 1 is 1.35 bits per heavy atom. The first-order valence-corrected chi connectivity index (χ1v) is 7.25. The number of rotatable bonds is 4. The lowest BCUT2D eigenvalue weighted by Gasteiger charge is -2.09. The molecule has 0 atom stereocenters. The molecule has 104 valence electrons. The van der Waals surface area contributed by atoms with Gasteiger partial charge in [0.2, 0.25) is 0 Å². The Bertz CT molecular complexity index is 608. The van der Waals surface area contributed by atoms with Crippen molar-refractivity contribution in [2.75, 3.05) is 10.7 Å². The van der Waals surface area contributed by atoms with Gasteiger partial charge in [0.15, 0.2) is 0 Å². The zero-order chi connectivity index (χ0) is 14.5. The van der Waals surface area contributed by atoms with Crippen LogP contribution in [0.3, 0.4) is 0 Å². The van der Waals surface area contributed by atoms with E-state index in [1.807, 2.05) is 31.2 Å². The van der Waals surface area contributed by atoms with Crippen LogP contribution < -0.4 is 16.6 Å². The summed E-state index contributed by atoms with van der Waals surface area (Å²) in [7, 11) is 0. The van der Waals surface area contributed by atoms with E-state index < -0.39 is 0 Å². The van der Waals surface area contributed by atoms with Gasteiger partial charge in [-0.05, 0) is 53.3 Å². The Kier molecular flexibility index (Phi) is 4.91. The van der Waals surface area contributed by atoms with E-state index in [1.54, 1.807) is 12.1 Å². The summed E-state index contributed by atoms with van der Waals surface area (Å²) in [6, 6.07) is 11.0. The summed E-state index contributed by atoms with van der Waals surface area (Å²) in [4.78, 5) is 16.6. The number of halogens is 1. The number of carbonyl (C=O) groups excluding carboxylic acids is 1. The van der Waals surface area contributed by atoms with Crippen LogP contribution in [0.15, 0.2) is 36.4 Å². The molecular formula is C14H15IN4O. The highest BCUT2D eigenvalue weighted by Gasteiger charge is 2.10. The second-order valence-electron chi connectivity index (χ2n) is 4.16. The molecule has 0 spiro atoms. The number of pyridine rings is 1. The first-order valence-electron chi connectivity index (χ1n) is 6.17. The van der Waals surface area contributed by atoms with Gasteiger partial charge in [0.1, 0.15) is 5.82 Å². The fraction of sp³-hybridized carbons (Fsp3) is 0.143. The van der Waals surface area contributed by atoms with E-state index in [0.717, 1.165) is 21.4 Å². The molecule has 20 heavy (non-hydrogen) atoms.